The van der Waals surface area contributed by atoms with Crippen molar-refractivity contribution < 1.29 is 9.47 Å². The van der Waals surface area contributed by atoms with Gasteiger partial charge in [-0.05, 0) is 30.2 Å². The molecule has 2 rings (SSSR count). The summed E-state index contributed by atoms with van der Waals surface area (Å²) in [7, 11) is 0. The highest BCUT2D eigenvalue weighted by Crippen LogP contribution is 2.09. The van der Waals surface area contributed by atoms with Crippen molar-refractivity contribution in [2.75, 3.05) is 25.1 Å². The molecule has 0 spiro atoms. The first-order chi connectivity index (χ1) is 11.8. The summed E-state index contributed by atoms with van der Waals surface area (Å²) in [6.45, 7) is 5.02. The average Bonchev–Trinajstić information content (AvgIpc) is 2.61. The molecule has 128 valence electrons. The molecule has 0 aliphatic heterocycles. The Hall–Kier alpha value is -2.37. The van der Waals surface area contributed by atoms with E-state index in [1.54, 1.807) is 0 Å². The highest BCUT2D eigenvalue weighted by atomic mass is 16.5. The first-order valence-electron chi connectivity index (χ1n) is 8.13. The van der Waals surface area contributed by atoms with Crippen LogP contribution in [0.2, 0.25) is 0 Å². The number of para-hydroxylation sites is 1. The second kappa shape index (κ2) is 10.4. The van der Waals surface area contributed by atoms with Gasteiger partial charge in [-0.3, -0.25) is 0 Å². The summed E-state index contributed by atoms with van der Waals surface area (Å²) in [4.78, 5) is 4.37. The van der Waals surface area contributed by atoms with Gasteiger partial charge >= 0.3 is 0 Å². The number of aliphatic imine (C=N–C) groups is 1. The van der Waals surface area contributed by atoms with Gasteiger partial charge in [-0.25, -0.2) is 4.99 Å². The Morgan fingerprint density at radius 2 is 1.75 bits per heavy atom. The maximum atomic E-state index is 5.92. The molecule has 24 heavy (non-hydrogen) atoms. The molecule has 0 saturated heterocycles. The molecule has 3 N–H and O–H groups in total. The molecule has 0 unspecified atom stereocenters. The van der Waals surface area contributed by atoms with Gasteiger partial charge in [0.25, 0.3) is 0 Å². The number of ether oxygens (including phenoxy) is 2. The van der Waals surface area contributed by atoms with Crippen LogP contribution in [0.3, 0.4) is 0 Å². The van der Waals surface area contributed by atoms with Gasteiger partial charge in [-0.1, -0.05) is 42.5 Å². The van der Waals surface area contributed by atoms with E-state index in [0.29, 0.717) is 32.3 Å². The highest BCUT2D eigenvalue weighted by Gasteiger charge is 1.98. The lowest BCUT2D eigenvalue weighted by molar-refractivity contribution is 0.0453. The third-order valence-corrected chi connectivity index (χ3v) is 3.31. The first kappa shape index (κ1) is 18.0. The molecule has 0 aliphatic rings. The van der Waals surface area contributed by atoms with Crippen molar-refractivity contribution in [3.05, 3.63) is 65.7 Å². The van der Waals surface area contributed by atoms with Crippen LogP contribution in [0, 0.1) is 0 Å². The minimum atomic E-state index is 0.402. The number of guanidine groups is 1. The summed E-state index contributed by atoms with van der Waals surface area (Å²) in [6, 6.07) is 17.9. The Kier molecular flexibility index (Phi) is 7.80. The zero-order valence-corrected chi connectivity index (χ0v) is 14.1. The van der Waals surface area contributed by atoms with Crippen molar-refractivity contribution in [3.8, 4) is 0 Å². The maximum Gasteiger partial charge on any atom is 0.193 e. The van der Waals surface area contributed by atoms with Gasteiger partial charge < -0.3 is 20.5 Å². The van der Waals surface area contributed by atoms with Crippen LogP contribution >= 0.6 is 0 Å². The molecule has 0 saturated carbocycles. The van der Waals surface area contributed by atoms with Crippen LogP contribution in [0.25, 0.3) is 0 Å². The fourth-order valence-corrected chi connectivity index (χ4v) is 2.16. The van der Waals surface area contributed by atoms with Gasteiger partial charge in [0, 0.05) is 12.3 Å². The van der Waals surface area contributed by atoms with E-state index in [0.717, 1.165) is 23.4 Å². The van der Waals surface area contributed by atoms with Crippen molar-refractivity contribution in [1.82, 2.24) is 0 Å². The van der Waals surface area contributed by atoms with Crippen LogP contribution in [0.5, 0.6) is 0 Å². The van der Waals surface area contributed by atoms with E-state index < -0.39 is 0 Å². The Bertz CT molecular complexity index is 630. The lowest BCUT2D eigenvalue weighted by Gasteiger charge is -2.07. The number of nitrogens with zero attached hydrogens (tertiary/aromatic N) is 1. The van der Waals surface area contributed by atoms with Crippen LogP contribution in [-0.4, -0.2) is 25.8 Å². The third kappa shape index (κ3) is 6.81. The van der Waals surface area contributed by atoms with Gasteiger partial charge in [0.2, 0.25) is 0 Å². The van der Waals surface area contributed by atoms with Gasteiger partial charge in [0.05, 0.1) is 26.4 Å². The first-order valence-corrected chi connectivity index (χ1v) is 8.13. The van der Waals surface area contributed by atoms with Crippen molar-refractivity contribution >= 4 is 11.6 Å². The molecule has 0 aromatic heterocycles. The molecular weight excluding hydrogens is 302 g/mol. The number of nitrogens with one attached hydrogen (secondary N) is 1. The number of hydrogen-bond acceptors (Lipinski definition) is 3. The second-order valence-corrected chi connectivity index (χ2v) is 5.26. The minimum Gasteiger partial charge on any atom is -0.379 e. The quantitative estimate of drug-likeness (QED) is 0.422. The zero-order chi connectivity index (χ0) is 17.0. The van der Waals surface area contributed by atoms with Crippen LogP contribution < -0.4 is 11.1 Å². The summed E-state index contributed by atoms with van der Waals surface area (Å²) in [5.41, 5.74) is 9.06. The molecular formula is C19H25N3O2. The van der Waals surface area contributed by atoms with Crippen molar-refractivity contribution in [3.63, 3.8) is 0 Å². The van der Waals surface area contributed by atoms with Crippen LogP contribution in [0.1, 0.15) is 18.1 Å². The summed E-state index contributed by atoms with van der Waals surface area (Å²) >= 11 is 0. The Labute approximate surface area is 143 Å². The largest absolute Gasteiger partial charge is 0.379 e. The van der Waals surface area contributed by atoms with Gasteiger partial charge in [-0.2, -0.15) is 0 Å². The molecule has 0 radical (unpaired) electrons. The number of rotatable bonds is 9. The summed E-state index contributed by atoms with van der Waals surface area (Å²) in [5.74, 6) is 0.402. The van der Waals surface area contributed by atoms with Crippen LogP contribution in [-0.2, 0) is 22.6 Å². The Morgan fingerprint density at radius 1 is 1.00 bits per heavy atom. The molecule has 5 nitrogen and oxygen atoms in total. The second-order valence-electron chi connectivity index (χ2n) is 5.26. The van der Waals surface area contributed by atoms with E-state index in [1.165, 1.54) is 0 Å². The standard InChI is InChI=1S/C19H25N3O2/c1-2-23-11-12-24-15-17-8-6-7-16(13-17)14-21-19(20)22-18-9-4-3-5-10-18/h3-10,13H,2,11-12,14-15H2,1H3,(H3,20,21,22). The molecule has 0 amide bonds. The Balaban J connectivity index is 1.81. The van der Waals surface area contributed by atoms with Gasteiger partial charge in [0.1, 0.15) is 0 Å². The van der Waals surface area contributed by atoms with E-state index >= 15 is 0 Å². The molecule has 2 aromatic carbocycles. The predicted molar refractivity (Wildman–Crippen MR) is 98.0 cm³/mol. The van der Waals surface area contributed by atoms with Crippen molar-refractivity contribution in [2.24, 2.45) is 10.7 Å². The minimum absolute atomic E-state index is 0.402. The summed E-state index contributed by atoms with van der Waals surface area (Å²) < 4.78 is 10.8. The lowest BCUT2D eigenvalue weighted by Crippen LogP contribution is -2.22. The molecule has 5 heteroatoms. The third-order valence-electron chi connectivity index (χ3n) is 3.31. The molecule has 0 bridgehead atoms. The van der Waals surface area contributed by atoms with E-state index in [4.69, 9.17) is 15.2 Å². The lowest BCUT2D eigenvalue weighted by atomic mass is 10.1. The molecule has 0 atom stereocenters. The number of nitrogens with two attached hydrogens (primary N) is 1. The zero-order valence-electron chi connectivity index (χ0n) is 14.1. The van der Waals surface area contributed by atoms with Crippen molar-refractivity contribution in [2.45, 2.75) is 20.1 Å². The van der Waals surface area contributed by atoms with Crippen LogP contribution in [0.15, 0.2) is 59.6 Å². The summed E-state index contributed by atoms with van der Waals surface area (Å²) in [5, 5.41) is 3.07. The van der Waals surface area contributed by atoms with Gasteiger partial charge in [-0.15, -0.1) is 0 Å². The number of hydrogen-bond donors (Lipinski definition) is 2. The van der Waals surface area contributed by atoms with E-state index in [9.17, 15) is 0 Å². The topological polar surface area (TPSA) is 68.9 Å². The van der Waals surface area contributed by atoms with Crippen molar-refractivity contribution in [1.29, 1.82) is 0 Å². The highest BCUT2D eigenvalue weighted by molar-refractivity contribution is 5.92. The monoisotopic (exact) mass is 327 g/mol. The summed E-state index contributed by atoms with van der Waals surface area (Å²) in [6.07, 6.45) is 0. The van der Waals surface area contributed by atoms with E-state index in [1.807, 2.05) is 55.5 Å². The molecule has 2 aromatic rings. The normalized spacial score (nSPS) is 11.5. The fourth-order valence-electron chi connectivity index (χ4n) is 2.16. The van der Waals surface area contributed by atoms with Gasteiger partial charge in [0.15, 0.2) is 5.96 Å². The molecule has 0 aliphatic carbocycles. The van der Waals surface area contributed by atoms with E-state index in [-0.39, 0.29) is 0 Å². The number of anilines is 1. The maximum absolute atomic E-state index is 5.92. The molecule has 0 fully saturated rings. The van der Waals surface area contributed by atoms with E-state index in [2.05, 4.69) is 16.4 Å². The smallest absolute Gasteiger partial charge is 0.193 e. The molecule has 0 heterocycles. The predicted octanol–water partition coefficient (Wildman–Crippen LogP) is 3.17. The SMILES string of the molecule is CCOCCOCc1cccc(CN=C(N)Nc2ccccc2)c1. The number of benzene rings is 2. The average molecular weight is 327 g/mol. The fraction of sp³-hybridized carbons (Fsp3) is 0.316. The Morgan fingerprint density at radius 3 is 2.54 bits per heavy atom. The van der Waals surface area contributed by atoms with Crippen LogP contribution in [0.4, 0.5) is 5.69 Å².